The van der Waals surface area contributed by atoms with Crippen molar-refractivity contribution in [1.29, 1.82) is 0 Å². The third kappa shape index (κ3) is 3.23. The maximum atomic E-state index is 11.5. The molecule has 1 aromatic heterocycles. The van der Waals surface area contributed by atoms with Gasteiger partial charge in [-0.2, -0.15) is 11.3 Å². The van der Waals surface area contributed by atoms with E-state index < -0.39 is 0 Å². The molecule has 0 radical (unpaired) electrons. The second kappa shape index (κ2) is 5.46. The first-order valence-electron chi connectivity index (χ1n) is 4.42. The predicted octanol–water partition coefficient (Wildman–Crippen LogP) is 1.77. The van der Waals surface area contributed by atoms with Crippen molar-refractivity contribution < 1.29 is 4.79 Å². The van der Waals surface area contributed by atoms with E-state index in [0.717, 1.165) is 6.42 Å². The molecule has 0 spiro atoms. The lowest BCUT2D eigenvalue weighted by atomic mass is 10.2. The van der Waals surface area contributed by atoms with Crippen molar-refractivity contribution in [2.24, 2.45) is 0 Å². The smallest absolute Gasteiger partial charge is 0.223 e. The zero-order valence-corrected chi connectivity index (χ0v) is 9.01. The lowest BCUT2D eigenvalue weighted by Gasteiger charge is -2.12. The third-order valence-electron chi connectivity index (χ3n) is 1.96. The monoisotopic (exact) mass is 207 g/mol. The average Bonchev–Trinajstić information content (AvgIpc) is 2.67. The number of nitrogens with zero attached hydrogens (tertiary/aromatic N) is 1. The summed E-state index contributed by atoms with van der Waals surface area (Å²) in [7, 11) is 1.73. The molecule has 1 aromatic rings. The maximum Gasteiger partial charge on any atom is 0.223 e. The van der Waals surface area contributed by atoms with E-state index in [9.17, 15) is 4.79 Å². The highest BCUT2D eigenvalue weighted by Crippen LogP contribution is 2.08. The van der Waals surface area contributed by atoms with Crippen LogP contribution in [0.3, 0.4) is 0 Å². The Labute approximate surface area is 88.5 Å². The van der Waals surface area contributed by atoms with Crippen LogP contribution in [-0.2, 0) is 11.2 Å². The van der Waals surface area contributed by atoms with Gasteiger partial charge in [0.05, 0.1) is 6.54 Å². The number of hydrogen-bond donors (Lipinski definition) is 0. The summed E-state index contributed by atoms with van der Waals surface area (Å²) >= 11 is 1.65. The van der Waals surface area contributed by atoms with Crippen molar-refractivity contribution in [2.45, 2.75) is 12.8 Å². The zero-order chi connectivity index (χ0) is 10.4. The summed E-state index contributed by atoms with van der Waals surface area (Å²) in [4.78, 5) is 13.0. The van der Waals surface area contributed by atoms with E-state index in [1.807, 2.05) is 11.4 Å². The fourth-order valence-electron chi connectivity index (χ4n) is 1.10. The molecule has 0 aliphatic rings. The van der Waals surface area contributed by atoms with Crippen LogP contribution in [0.25, 0.3) is 0 Å². The number of aryl methyl sites for hydroxylation is 1. The van der Waals surface area contributed by atoms with Crippen LogP contribution in [0.15, 0.2) is 16.8 Å². The molecule has 0 bridgehead atoms. The highest BCUT2D eigenvalue weighted by Gasteiger charge is 2.06. The average molecular weight is 207 g/mol. The number of amides is 1. The minimum absolute atomic E-state index is 0.106. The van der Waals surface area contributed by atoms with Crippen molar-refractivity contribution in [2.75, 3.05) is 13.6 Å². The Morgan fingerprint density at radius 3 is 3.07 bits per heavy atom. The molecule has 1 amide bonds. The molecule has 2 nitrogen and oxygen atoms in total. The minimum atomic E-state index is 0.106. The molecule has 0 fully saturated rings. The molecule has 0 aliphatic heterocycles. The first-order valence-corrected chi connectivity index (χ1v) is 5.37. The van der Waals surface area contributed by atoms with Crippen LogP contribution < -0.4 is 0 Å². The van der Waals surface area contributed by atoms with Crippen LogP contribution in [0, 0.1) is 12.3 Å². The molecule has 0 atom stereocenters. The Bertz CT molecular complexity index is 324. The van der Waals surface area contributed by atoms with Gasteiger partial charge in [0.15, 0.2) is 0 Å². The van der Waals surface area contributed by atoms with Gasteiger partial charge in [-0.05, 0) is 28.8 Å². The molecule has 0 aromatic carbocycles. The van der Waals surface area contributed by atoms with E-state index in [0.29, 0.717) is 13.0 Å². The van der Waals surface area contributed by atoms with E-state index in [-0.39, 0.29) is 5.91 Å². The van der Waals surface area contributed by atoms with Gasteiger partial charge in [0.25, 0.3) is 0 Å². The topological polar surface area (TPSA) is 20.3 Å². The Balaban J connectivity index is 2.32. The summed E-state index contributed by atoms with van der Waals surface area (Å²) in [6.45, 7) is 0.391. The summed E-state index contributed by atoms with van der Waals surface area (Å²) in [5.74, 6) is 2.55. The fraction of sp³-hybridized carbons (Fsp3) is 0.364. The Kier molecular flexibility index (Phi) is 4.21. The summed E-state index contributed by atoms with van der Waals surface area (Å²) < 4.78 is 0. The van der Waals surface area contributed by atoms with Gasteiger partial charge < -0.3 is 4.90 Å². The van der Waals surface area contributed by atoms with Crippen LogP contribution in [-0.4, -0.2) is 24.4 Å². The number of rotatable bonds is 4. The first-order chi connectivity index (χ1) is 6.74. The molecule has 0 saturated carbocycles. The molecular weight excluding hydrogens is 194 g/mol. The van der Waals surface area contributed by atoms with Gasteiger partial charge in [-0.15, -0.1) is 6.42 Å². The van der Waals surface area contributed by atoms with Gasteiger partial charge in [-0.25, -0.2) is 0 Å². The summed E-state index contributed by atoms with van der Waals surface area (Å²) in [5.41, 5.74) is 1.22. The van der Waals surface area contributed by atoms with Crippen molar-refractivity contribution >= 4 is 17.2 Å². The summed E-state index contributed by atoms with van der Waals surface area (Å²) in [6.07, 6.45) is 6.46. The minimum Gasteiger partial charge on any atom is -0.335 e. The first kappa shape index (κ1) is 10.8. The normalized spacial score (nSPS) is 9.43. The molecular formula is C11H13NOS. The Morgan fingerprint density at radius 2 is 2.50 bits per heavy atom. The fourth-order valence-corrected chi connectivity index (χ4v) is 1.81. The predicted molar refractivity (Wildman–Crippen MR) is 59.1 cm³/mol. The highest BCUT2D eigenvalue weighted by atomic mass is 32.1. The van der Waals surface area contributed by atoms with Gasteiger partial charge in [0.1, 0.15) is 0 Å². The van der Waals surface area contributed by atoms with Crippen LogP contribution in [0.5, 0.6) is 0 Å². The molecule has 0 N–H and O–H groups in total. The molecule has 0 saturated heterocycles. The van der Waals surface area contributed by atoms with Crippen LogP contribution in [0.4, 0.5) is 0 Å². The molecule has 0 unspecified atom stereocenters. The SMILES string of the molecule is C#CCN(C)C(=O)CCc1ccsc1. The number of carbonyl (C=O) groups is 1. The zero-order valence-electron chi connectivity index (χ0n) is 8.19. The van der Waals surface area contributed by atoms with Gasteiger partial charge in [0.2, 0.25) is 5.91 Å². The molecule has 1 rings (SSSR count). The van der Waals surface area contributed by atoms with Gasteiger partial charge in [-0.3, -0.25) is 4.79 Å². The van der Waals surface area contributed by atoms with Crippen LogP contribution in [0.2, 0.25) is 0 Å². The second-order valence-corrected chi connectivity index (χ2v) is 3.87. The van der Waals surface area contributed by atoms with Crippen LogP contribution in [0.1, 0.15) is 12.0 Å². The summed E-state index contributed by atoms with van der Waals surface area (Å²) in [6, 6.07) is 2.04. The Hall–Kier alpha value is -1.27. The quantitative estimate of drug-likeness (QED) is 0.689. The van der Waals surface area contributed by atoms with Crippen LogP contribution >= 0.6 is 11.3 Å². The Morgan fingerprint density at radius 1 is 1.71 bits per heavy atom. The van der Waals surface area contributed by atoms with Gasteiger partial charge in [-0.1, -0.05) is 5.92 Å². The van der Waals surface area contributed by atoms with Crippen molar-refractivity contribution in [3.05, 3.63) is 22.4 Å². The van der Waals surface area contributed by atoms with E-state index in [1.165, 1.54) is 5.56 Å². The largest absolute Gasteiger partial charge is 0.335 e. The standard InChI is InChI=1S/C11H13NOS/c1-3-7-12(2)11(13)5-4-10-6-8-14-9-10/h1,6,8-9H,4-5,7H2,2H3. The number of thiophene rings is 1. The van der Waals surface area contributed by atoms with E-state index >= 15 is 0 Å². The number of carbonyl (C=O) groups excluding carboxylic acids is 1. The lowest BCUT2D eigenvalue weighted by molar-refractivity contribution is -0.129. The van der Waals surface area contributed by atoms with E-state index in [2.05, 4.69) is 11.3 Å². The van der Waals surface area contributed by atoms with Crippen molar-refractivity contribution in [3.63, 3.8) is 0 Å². The summed E-state index contributed by atoms with van der Waals surface area (Å²) in [5, 5.41) is 4.08. The molecule has 74 valence electrons. The third-order valence-corrected chi connectivity index (χ3v) is 2.69. The van der Waals surface area contributed by atoms with Crippen molar-refractivity contribution in [1.82, 2.24) is 4.90 Å². The van der Waals surface area contributed by atoms with Gasteiger partial charge >= 0.3 is 0 Å². The maximum absolute atomic E-state index is 11.5. The highest BCUT2D eigenvalue weighted by molar-refractivity contribution is 7.07. The van der Waals surface area contributed by atoms with E-state index in [1.54, 1.807) is 23.3 Å². The second-order valence-electron chi connectivity index (χ2n) is 3.09. The van der Waals surface area contributed by atoms with Gasteiger partial charge in [0, 0.05) is 13.5 Å². The van der Waals surface area contributed by atoms with E-state index in [4.69, 9.17) is 6.42 Å². The number of hydrogen-bond acceptors (Lipinski definition) is 2. The molecule has 3 heteroatoms. The lowest BCUT2D eigenvalue weighted by Crippen LogP contribution is -2.27. The molecule has 14 heavy (non-hydrogen) atoms. The van der Waals surface area contributed by atoms with Crippen molar-refractivity contribution in [3.8, 4) is 12.3 Å². The number of terminal acetylenes is 1. The molecule has 1 heterocycles. The molecule has 0 aliphatic carbocycles.